The lowest BCUT2D eigenvalue weighted by atomic mass is 10.1. The number of carbonyl (C=O) groups excluding carboxylic acids is 2. The van der Waals surface area contributed by atoms with Crippen molar-refractivity contribution in [2.75, 3.05) is 47.1 Å². The van der Waals surface area contributed by atoms with Gasteiger partial charge in [0.2, 0.25) is 0 Å². The normalized spacial score (nSPS) is 18.7. The van der Waals surface area contributed by atoms with Gasteiger partial charge in [0.05, 0.1) is 46.1 Å². The minimum absolute atomic E-state index is 0.114. The first-order chi connectivity index (χ1) is 20.7. The molecule has 0 aromatic heterocycles. The lowest BCUT2D eigenvalue weighted by Crippen LogP contribution is -2.57. The quantitative estimate of drug-likeness (QED) is 0.286. The Hall–Kier alpha value is -3.34. The highest BCUT2D eigenvalue weighted by Gasteiger charge is 2.42. The smallest absolute Gasteiger partial charge is 0.410 e. The Kier molecular flexibility index (Phi) is 11.7. The van der Waals surface area contributed by atoms with E-state index >= 15 is 0 Å². The van der Waals surface area contributed by atoms with Gasteiger partial charge in [0, 0.05) is 32.7 Å². The average Bonchev–Trinajstić information content (AvgIpc) is 3.83. The minimum Gasteiger partial charge on any atom is -0.493 e. The van der Waals surface area contributed by atoms with Crippen LogP contribution in [-0.4, -0.2) is 92.8 Å². The Morgan fingerprint density at radius 2 is 1.74 bits per heavy atom. The van der Waals surface area contributed by atoms with Crippen molar-refractivity contribution in [3.05, 3.63) is 59.7 Å². The van der Waals surface area contributed by atoms with Crippen molar-refractivity contribution in [3.8, 4) is 11.5 Å². The molecule has 1 aliphatic heterocycles. The first-order valence-corrected chi connectivity index (χ1v) is 15.0. The van der Waals surface area contributed by atoms with Crippen LogP contribution in [0.2, 0.25) is 0 Å². The number of hydrogen-bond donors (Lipinski definition) is 0. The van der Waals surface area contributed by atoms with Crippen LogP contribution in [-0.2, 0) is 36.9 Å². The monoisotopic (exact) mass is 598 g/mol. The van der Waals surface area contributed by atoms with E-state index in [4.69, 9.17) is 28.4 Å². The second kappa shape index (κ2) is 15.4. The maximum Gasteiger partial charge on any atom is 0.410 e. The Morgan fingerprint density at radius 1 is 0.977 bits per heavy atom. The fourth-order valence-corrected chi connectivity index (χ4v) is 4.90. The molecule has 2 fully saturated rings. The number of rotatable bonds is 14. The first kappa shape index (κ1) is 32.6. The van der Waals surface area contributed by atoms with Crippen molar-refractivity contribution in [3.63, 3.8) is 0 Å². The van der Waals surface area contributed by atoms with Crippen LogP contribution >= 0.6 is 0 Å². The number of carbonyl (C=O) groups is 2. The molecule has 10 heteroatoms. The largest absolute Gasteiger partial charge is 0.493 e. The van der Waals surface area contributed by atoms with Gasteiger partial charge in [0.1, 0.15) is 5.60 Å². The third-order valence-corrected chi connectivity index (χ3v) is 7.11. The van der Waals surface area contributed by atoms with E-state index < -0.39 is 23.9 Å². The molecule has 0 spiro atoms. The Labute approximate surface area is 255 Å². The highest BCUT2D eigenvalue weighted by atomic mass is 16.6. The van der Waals surface area contributed by atoms with Crippen LogP contribution in [0.1, 0.15) is 51.2 Å². The molecule has 4 rings (SSSR count). The van der Waals surface area contributed by atoms with E-state index in [-0.39, 0.29) is 31.6 Å². The molecule has 1 saturated carbocycles. The van der Waals surface area contributed by atoms with Gasteiger partial charge in [-0.2, -0.15) is 0 Å². The molecule has 2 aromatic carbocycles. The predicted octanol–water partition coefficient (Wildman–Crippen LogP) is 4.82. The Morgan fingerprint density at radius 3 is 2.42 bits per heavy atom. The molecule has 2 atom stereocenters. The number of hydrogen-bond acceptors (Lipinski definition) is 8. The third-order valence-electron chi connectivity index (χ3n) is 7.11. The standard InChI is InChI=1S/C33H46N2O8/c1-33(2,3)43-32(37)34-20-27(23-40-22-24-10-7-6-8-11-24)42-30(21-34)31(36)35(26-13-14-26)19-25-12-15-28(39-5)29(18-25)41-17-9-16-38-4/h6-8,10-12,15,18,26-27,30H,9,13-14,16-17,19-23H2,1-5H3/t27-,30+/m0/s1. The van der Waals surface area contributed by atoms with E-state index in [0.717, 1.165) is 30.4 Å². The summed E-state index contributed by atoms with van der Waals surface area (Å²) in [6.45, 7) is 8.01. The summed E-state index contributed by atoms with van der Waals surface area (Å²) in [5, 5.41) is 0. The molecular formula is C33H46N2O8. The maximum atomic E-state index is 14.0. The minimum atomic E-state index is -0.838. The Balaban J connectivity index is 1.46. The van der Waals surface area contributed by atoms with Crippen molar-refractivity contribution in [2.24, 2.45) is 0 Å². The summed E-state index contributed by atoms with van der Waals surface area (Å²) < 4.78 is 34.5. The molecule has 2 amide bonds. The van der Waals surface area contributed by atoms with Gasteiger partial charge in [-0.25, -0.2) is 4.79 Å². The third kappa shape index (κ3) is 10.1. The van der Waals surface area contributed by atoms with E-state index in [1.165, 1.54) is 0 Å². The fourth-order valence-electron chi connectivity index (χ4n) is 4.90. The molecule has 0 unspecified atom stereocenters. The summed E-state index contributed by atoms with van der Waals surface area (Å²) in [4.78, 5) is 30.6. The lowest BCUT2D eigenvalue weighted by molar-refractivity contribution is -0.163. The molecule has 43 heavy (non-hydrogen) atoms. The molecule has 2 aromatic rings. The number of nitrogens with zero attached hydrogens (tertiary/aromatic N) is 2. The van der Waals surface area contributed by atoms with Gasteiger partial charge in [0.25, 0.3) is 5.91 Å². The number of methoxy groups -OCH3 is 2. The van der Waals surface area contributed by atoms with Gasteiger partial charge in [-0.1, -0.05) is 36.4 Å². The highest BCUT2D eigenvalue weighted by molar-refractivity contribution is 5.83. The van der Waals surface area contributed by atoms with Crippen molar-refractivity contribution < 1.29 is 38.0 Å². The van der Waals surface area contributed by atoms with Crippen LogP contribution in [0.5, 0.6) is 11.5 Å². The van der Waals surface area contributed by atoms with E-state index in [9.17, 15) is 9.59 Å². The zero-order chi connectivity index (χ0) is 30.8. The summed E-state index contributed by atoms with van der Waals surface area (Å²) in [5.41, 5.74) is 1.30. The number of amides is 2. The molecule has 1 aliphatic carbocycles. The van der Waals surface area contributed by atoms with E-state index in [2.05, 4.69) is 0 Å². The van der Waals surface area contributed by atoms with E-state index in [0.29, 0.717) is 37.9 Å². The fraction of sp³-hybridized carbons (Fsp3) is 0.576. The van der Waals surface area contributed by atoms with Crippen molar-refractivity contribution in [1.29, 1.82) is 0 Å². The molecule has 2 aliphatic rings. The number of ether oxygens (including phenoxy) is 6. The lowest BCUT2D eigenvalue weighted by Gasteiger charge is -2.39. The van der Waals surface area contributed by atoms with Crippen LogP contribution < -0.4 is 9.47 Å². The van der Waals surface area contributed by atoms with Gasteiger partial charge < -0.3 is 38.2 Å². The average molecular weight is 599 g/mol. The van der Waals surface area contributed by atoms with E-state index in [1.54, 1.807) is 19.1 Å². The molecule has 0 radical (unpaired) electrons. The molecular weight excluding hydrogens is 552 g/mol. The summed E-state index contributed by atoms with van der Waals surface area (Å²) in [6, 6.07) is 15.7. The molecule has 10 nitrogen and oxygen atoms in total. The van der Waals surface area contributed by atoms with Gasteiger partial charge in [-0.05, 0) is 56.9 Å². The van der Waals surface area contributed by atoms with Crippen LogP contribution in [0.4, 0.5) is 4.79 Å². The second-order valence-electron chi connectivity index (χ2n) is 12.0. The molecule has 1 saturated heterocycles. The van der Waals surface area contributed by atoms with Crippen LogP contribution in [0.25, 0.3) is 0 Å². The molecule has 236 valence electrons. The first-order valence-electron chi connectivity index (χ1n) is 15.0. The molecule has 0 N–H and O–H groups in total. The second-order valence-corrected chi connectivity index (χ2v) is 12.0. The zero-order valence-electron chi connectivity index (χ0n) is 26.1. The van der Waals surface area contributed by atoms with Gasteiger partial charge in [0.15, 0.2) is 17.6 Å². The van der Waals surface area contributed by atoms with Crippen molar-refractivity contribution in [2.45, 2.75) is 77.0 Å². The zero-order valence-corrected chi connectivity index (χ0v) is 26.1. The van der Waals surface area contributed by atoms with Gasteiger partial charge in [-0.15, -0.1) is 0 Å². The van der Waals surface area contributed by atoms with Crippen LogP contribution in [0.3, 0.4) is 0 Å². The van der Waals surface area contributed by atoms with E-state index in [1.807, 2.05) is 74.2 Å². The summed E-state index contributed by atoms with van der Waals surface area (Å²) >= 11 is 0. The highest BCUT2D eigenvalue weighted by Crippen LogP contribution is 2.33. The number of morpholine rings is 1. The number of benzene rings is 2. The van der Waals surface area contributed by atoms with Gasteiger partial charge in [-0.3, -0.25) is 4.79 Å². The van der Waals surface area contributed by atoms with Gasteiger partial charge >= 0.3 is 6.09 Å². The summed E-state index contributed by atoms with van der Waals surface area (Å²) in [7, 11) is 3.27. The molecule has 1 heterocycles. The topological polar surface area (TPSA) is 96.0 Å². The predicted molar refractivity (Wildman–Crippen MR) is 161 cm³/mol. The van der Waals surface area contributed by atoms with Crippen LogP contribution in [0, 0.1) is 0 Å². The Bertz CT molecular complexity index is 1180. The summed E-state index contributed by atoms with van der Waals surface area (Å²) in [5.74, 6) is 1.11. The SMILES string of the molecule is COCCCOc1cc(CN(C(=O)[C@H]2CN(C(=O)OC(C)(C)C)C[C@@H](COCc3ccccc3)O2)C2CC2)ccc1OC. The van der Waals surface area contributed by atoms with Crippen molar-refractivity contribution in [1.82, 2.24) is 9.80 Å². The summed E-state index contributed by atoms with van der Waals surface area (Å²) in [6.07, 6.45) is 0.816. The maximum absolute atomic E-state index is 14.0. The molecule has 0 bridgehead atoms. The van der Waals surface area contributed by atoms with Crippen molar-refractivity contribution >= 4 is 12.0 Å². The van der Waals surface area contributed by atoms with Crippen LogP contribution in [0.15, 0.2) is 48.5 Å².